The summed E-state index contributed by atoms with van der Waals surface area (Å²) in [4.78, 5) is 8.54. The Bertz CT molecular complexity index is 761. The van der Waals surface area contributed by atoms with Crippen molar-refractivity contribution in [3.8, 4) is 0 Å². The molecule has 0 spiro atoms. The minimum Gasteiger partial charge on any atom is -0.303 e. The average Bonchev–Trinajstić information content (AvgIpc) is 2.62. The molecule has 0 fully saturated rings. The Morgan fingerprint density at radius 3 is 2.50 bits per heavy atom. The molecule has 3 rings (SSSR count). The Balaban J connectivity index is 1.74. The van der Waals surface area contributed by atoms with Crippen LogP contribution in [0.5, 0.6) is 0 Å². The molecule has 3 nitrogen and oxygen atoms in total. The van der Waals surface area contributed by atoms with Crippen molar-refractivity contribution in [3.63, 3.8) is 0 Å². The van der Waals surface area contributed by atoms with E-state index in [0.717, 1.165) is 28.4 Å². The van der Waals surface area contributed by atoms with Crippen LogP contribution in [0.3, 0.4) is 0 Å². The fourth-order valence-corrected chi connectivity index (χ4v) is 2.58. The first-order valence-corrected chi connectivity index (χ1v) is 8.08. The van der Waals surface area contributed by atoms with Crippen molar-refractivity contribution in [2.75, 3.05) is 0 Å². The molecule has 122 valence electrons. The zero-order chi connectivity index (χ0) is 16.8. The number of aromatic nitrogens is 2. The lowest BCUT2D eigenvalue weighted by atomic mass is 10.0. The first kappa shape index (κ1) is 16.6. The Hall–Kier alpha value is -2.30. The number of nitrogens with one attached hydrogen (secondary N) is 1. The molecule has 0 aliphatic carbocycles. The van der Waals surface area contributed by atoms with Crippen molar-refractivity contribution < 1.29 is 4.39 Å². The van der Waals surface area contributed by atoms with E-state index >= 15 is 0 Å². The highest BCUT2D eigenvalue weighted by molar-refractivity contribution is 6.30. The molecule has 3 aromatic rings. The van der Waals surface area contributed by atoms with E-state index in [1.165, 1.54) is 12.3 Å². The van der Waals surface area contributed by atoms with Gasteiger partial charge in [-0.1, -0.05) is 29.8 Å². The quantitative estimate of drug-likeness (QED) is 0.724. The van der Waals surface area contributed by atoms with Gasteiger partial charge in [0.15, 0.2) is 0 Å². The van der Waals surface area contributed by atoms with Crippen molar-refractivity contribution in [1.82, 2.24) is 15.3 Å². The smallest absolute Gasteiger partial charge is 0.141 e. The van der Waals surface area contributed by atoms with Crippen molar-refractivity contribution in [2.24, 2.45) is 0 Å². The minimum absolute atomic E-state index is 0.0271. The number of hydrogen-bond donors (Lipinski definition) is 1. The summed E-state index contributed by atoms with van der Waals surface area (Å²) in [5.41, 5.74) is 2.90. The lowest BCUT2D eigenvalue weighted by Gasteiger charge is -2.18. The SMILES string of the molecule is Fc1ccc(CN[C@@H](Cc2ccc(Cl)cc2)c2ccccn2)nc1. The lowest BCUT2D eigenvalue weighted by Crippen LogP contribution is -2.24. The van der Waals surface area contributed by atoms with Crippen molar-refractivity contribution >= 4 is 11.6 Å². The van der Waals surface area contributed by atoms with Gasteiger partial charge < -0.3 is 5.32 Å². The van der Waals surface area contributed by atoms with Crippen LogP contribution in [-0.2, 0) is 13.0 Å². The molecule has 0 aliphatic rings. The first-order chi connectivity index (χ1) is 11.7. The normalized spacial score (nSPS) is 12.1. The van der Waals surface area contributed by atoms with Crippen LogP contribution >= 0.6 is 11.6 Å². The Kier molecular flexibility index (Phi) is 5.51. The van der Waals surface area contributed by atoms with Crippen molar-refractivity contribution in [3.05, 3.63) is 94.8 Å². The lowest BCUT2D eigenvalue weighted by molar-refractivity contribution is 0.512. The first-order valence-electron chi connectivity index (χ1n) is 7.70. The minimum atomic E-state index is -0.332. The Morgan fingerprint density at radius 1 is 1.00 bits per heavy atom. The summed E-state index contributed by atoms with van der Waals surface area (Å²) in [6, 6.07) is 16.8. The molecular weight excluding hydrogens is 325 g/mol. The fraction of sp³-hybridized carbons (Fsp3) is 0.158. The standard InChI is InChI=1S/C19H17ClFN3/c20-15-6-4-14(5-7-15)11-19(18-3-1-2-10-22-18)24-13-17-9-8-16(21)12-23-17/h1-10,12,19,24H,11,13H2/t19-/m0/s1. The van der Waals surface area contributed by atoms with Crippen LogP contribution in [0, 0.1) is 5.82 Å². The highest BCUT2D eigenvalue weighted by Crippen LogP contribution is 2.19. The van der Waals surface area contributed by atoms with Gasteiger partial charge in [0.1, 0.15) is 5.82 Å². The number of nitrogens with zero attached hydrogens (tertiary/aromatic N) is 2. The van der Waals surface area contributed by atoms with Gasteiger partial charge in [0, 0.05) is 17.8 Å². The van der Waals surface area contributed by atoms with E-state index in [1.807, 2.05) is 42.5 Å². The molecule has 2 heterocycles. The topological polar surface area (TPSA) is 37.8 Å². The van der Waals surface area contributed by atoms with E-state index in [-0.39, 0.29) is 11.9 Å². The number of halogens is 2. The molecule has 0 bridgehead atoms. The maximum atomic E-state index is 13.0. The zero-order valence-corrected chi connectivity index (χ0v) is 13.7. The molecular formula is C19H17ClFN3. The van der Waals surface area contributed by atoms with Gasteiger partial charge >= 0.3 is 0 Å². The number of hydrogen-bond acceptors (Lipinski definition) is 3. The monoisotopic (exact) mass is 341 g/mol. The highest BCUT2D eigenvalue weighted by atomic mass is 35.5. The van der Waals surface area contributed by atoms with E-state index in [1.54, 1.807) is 12.3 Å². The molecule has 24 heavy (non-hydrogen) atoms. The molecule has 2 aromatic heterocycles. The second-order valence-corrected chi connectivity index (χ2v) is 5.92. The third kappa shape index (κ3) is 4.60. The number of benzene rings is 1. The molecule has 0 aliphatic heterocycles. The Labute approximate surface area is 145 Å². The second kappa shape index (κ2) is 7.99. The summed E-state index contributed by atoms with van der Waals surface area (Å²) in [5.74, 6) is -0.332. The summed E-state index contributed by atoms with van der Waals surface area (Å²) in [6.45, 7) is 0.537. The molecule has 0 saturated heterocycles. The number of pyridine rings is 2. The van der Waals surface area contributed by atoms with Gasteiger partial charge in [0.2, 0.25) is 0 Å². The van der Waals surface area contributed by atoms with Gasteiger partial charge in [-0.15, -0.1) is 0 Å². The van der Waals surface area contributed by atoms with E-state index in [2.05, 4.69) is 15.3 Å². The van der Waals surface area contributed by atoms with Crippen LogP contribution in [-0.4, -0.2) is 9.97 Å². The summed E-state index contributed by atoms with van der Waals surface area (Å²) >= 11 is 5.95. The summed E-state index contributed by atoms with van der Waals surface area (Å²) < 4.78 is 13.0. The summed E-state index contributed by atoms with van der Waals surface area (Å²) in [5, 5.41) is 4.17. The predicted molar refractivity (Wildman–Crippen MR) is 93.2 cm³/mol. The summed E-state index contributed by atoms with van der Waals surface area (Å²) in [6.07, 6.45) is 3.78. The molecule has 1 atom stereocenters. The van der Waals surface area contributed by atoms with E-state index in [0.29, 0.717) is 6.54 Å². The average molecular weight is 342 g/mol. The predicted octanol–water partition coefficient (Wildman–Crippen LogP) is 4.34. The summed E-state index contributed by atoms with van der Waals surface area (Å²) in [7, 11) is 0. The third-order valence-corrected chi connectivity index (χ3v) is 3.97. The van der Waals surface area contributed by atoms with Crippen LogP contribution in [0.2, 0.25) is 5.02 Å². The van der Waals surface area contributed by atoms with E-state index in [9.17, 15) is 4.39 Å². The van der Waals surface area contributed by atoms with Gasteiger partial charge in [-0.3, -0.25) is 9.97 Å². The Morgan fingerprint density at radius 2 is 1.83 bits per heavy atom. The molecule has 0 unspecified atom stereocenters. The van der Waals surface area contributed by atoms with Crippen LogP contribution < -0.4 is 5.32 Å². The van der Waals surface area contributed by atoms with Crippen molar-refractivity contribution in [1.29, 1.82) is 0 Å². The van der Waals surface area contributed by atoms with Gasteiger partial charge in [0.25, 0.3) is 0 Å². The molecule has 1 aromatic carbocycles. The van der Waals surface area contributed by atoms with E-state index in [4.69, 9.17) is 11.6 Å². The van der Waals surface area contributed by atoms with Gasteiger partial charge in [-0.05, 0) is 48.4 Å². The van der Waals surface area contributed by atoms with Crippen LogP contribution in [0.1, 0.15) is 23.0 Å². The van der Waals surface area contributed by atoms with Gasteiger partial charge in [-0.2, -0.15) is 0 Å². The molecule has 0 amide bonds. The second-order valence-electron chi connectivity index (χ2n) is 5.49. The molecule has 1 N–H and O–H groups in total. The van der Waals surface area contributed by atoms with Crippen LogP contribution in [0.15, 0.2) is 67.0 Å². The molecule has 5 heteroatoms. The highest BCUT2D eigenvalue weighted by Gasteiger charge is 2.13. The fourth-order valence-electron chi connectivity index (χ4n) is 2.46. The van der Waals surface area contributed by atoms with Gasteiger partial charge in [0.05, 0.1) is 23.6 Å². The largest absolute Gasteiger partial charge is 0.303 e. The van der Waals surface area contributed by atoms with Crippen molar-refractivity contribution in [2.45, 2.75) is 19.0 Å². The maximum absolute atomic E-state index is 13.0. The zero-order valence-electron chi connectivity index (χ0n) is 13.0. The molecule has 0 radical (unpaired) electrons. The molecule has 0 saturated carbocycles. The third-order valence-electron chi connectivity index (χ3n) is 3.72. The number of rotatable bonds is 6. The van der Waals surface area contributed by atoms with Crippen LogP contribution in [0.25, 0.3) is 0 Å². The maximum Gasteiger partial charge on any atom is 0.141 e. The van der Waals surface area contributed by atoms with Crippen LogP contribution in [0.4, 0.5) is 4.39 Å². The van der Waals surface area contributed by atoms with Gasteiger partial charge in [-0.25, -0.2) is 4.39 Å². The van der Waals surface area contributed by atoms with E-state index < -0.39 is 0 Å².